The van der Waals surface area contributed by atoms with Crippen molar-refractivity contribution in [1.82, 2.24) is 10.2 Å². The number of carbonyl (C=O) groups is 1. The first kappa shape index (κ1) is 14.7. The van der Waals surface area contributed by atoms with E-state index in [4.69, 9.17) is 4.74 Å². The van der Waals surface area contributed by atoms with Gasteiger partial charge in [-0.2, -0.15) is 0 Å². The molecular formula is C12H23ClN2O2. The van der Waals surface area contributed by atoms with Crippen LogP contribution in [0.1, 0.15) is 26.2 Å². The second-order valence-corrected chi connectivity index (χ2v) is 5.13. The lowest BCUT2D eigenvalue weighted by Crippen LogP contribution is -2.53. The highest BCUT2D eigenvalue weighted by Gasteiger charge is 2.51. The second kappa shape index (κ2) is 6.03. The highest BCUT2D eigenvalue weighted by molar-refractivity contribution is 5.85. The number of ether oxygens (including phenoxy) is 1. The summed E-state index contributed by atoms with van der Waals surface area (Å²) in [6, 6.07) is 0.427. The van der Waals surface area contributed by atoms with E-state index in [0.29, 0.717) is 18.6 Å². The number of nitrogens with one attached hydrogen (secondary N) is 1. The Balaban J connectivity index is 0.00000144. The molecule has 1 aliphatic heterocycles. The molecule has 0 unspecified atom stereocenters. The third-order valence-corrected chi connectivity index (χ3v) is 3.75. The van der Waals surface area contributed by atoms with Crippen molar-refractivity contribution in [2.45, 2.75) is 32.2 Å². The summed E-state index contributed by atoms with van der Waals surface area (Å²) in [5.74, 6) is 0.359. The highest BCUT2D eigenvalue weighted by Crippen LogP contribution is 2.50. The van der Waals surface area contributed by atoms with E-state index in [0.717, 1.165) is 38.9 Å². The van der Waals surface area contributed by atoms with Gasteiger partial charge in [-0.3, -0.25) is 4.79 Å². The van der Waals surface area contributed by atoms with Crippen molar-refractivity contribution in [2.75, 3.05) is 33.4 Å². The van der Waals surface area contributed by atoms with Crippen LogP contribution in [0.25, 0.3) is 0 Å². The van der Waals surface area contributed by atoms with Crippen molar-refractivity contribution < 1.29 is 9.53 Å². The summed E-state index contributed by atoms with van der Waals surface area (Å²) < 4.78 is 5.09. The highest BCUT2D eigenvalue weighted by atomic mass is 35.5. The number of methoxy groups -OCH3 is 1. The third-order valence-electron chi connectivity index (χ3n) is 3.75. The Morgan fingerprint density at radius 2 is 2.24 bits per heavy atom. The van der Waals surface area contributed by atoms with Crippen LogP contribution < -0.4 is 5.32 Å². The second-order valence-electron chi connectivity index (χ2n) is 5.13. The Morgan fingerprint density at radius 3 is 2.76 bits per heavy atom. The van der Waals surface area contributed by atoms with Crippen molar-refractivity contribution >= 4 is 18.3 Å². The van der Waals surface area contributed by atoms with Crippen LogP contribution in [0.15, 0.2) is 0 Å². The fourth-order valence-corrected chi connectivity index (χ4v) is 2.47. The van der Waals surface area contributed by atoms with Gasteiger partial charge < -0.3 is 15.0 Å². The lowest BCUT2D eigenvalue weighted by molar-refractivity contribution is -0.138. The normalized spacial score (nSPS) is 26.2. The lowest BCUT2D eigenvalue weighted by Gasteiger charge is -2.34. The minimum absolute atomic E-state index is 0. The average Bonchev–Trinajstić information content (AvgIpc) is 3.06. The van der Waals surface area contributed by atoms with Crippen molar-refractivity contribution in [3.8, 4) is 0 Å². The first-order chi connectivity index (χ1) is 7.68. The summed E-state index contributed by atoms with van der Waals surface area (Å²) in [5.41, 5.74) is -0.0624. The van der Waals surface area contributed by atoms with Gasteiger partial charge in [-0.15, -0.1) is 12.4 Å². The number of hydrogen-bond acceptors (Lipinski definition) is 3. The maximum Gasteiger partial charge on any atom is 0.228 e. The maximum atomic E-state index is 12.4. The average molecular weight is 263 g/mol. The van der Waals surface area contributed by atoms with E-state index < -0.39 is 0 Å². The van der Waals surface area contributed by atoms with Crippen LogP contribution in [0.5, 0.6) is 0 Å². The van der Waals surface area contributed by atoms with Crippen molar-refractivity contribution in [3.05, 3.63) is 0 Å². The standard InChI is InChI=1S/C12H22N2O2.ClH/c1-10-9-14(7-6-13-10)11(15)12(3-4-12)5-8-16-2;/h10,13H,3-9H2,1-2H3;1H/t10-;/m1./s1. The molecule has 1 amide bonds. The van der Waals surface area contributed by atoms with Gasteiger partial charge in [0, 0.05) is 39.4 Å². The zero-order valence-electron chi connectivity index (χ0n) is 10.7. The van der Waals surface area contributed by atoms with Crippen LogP contribution in [-0.4, -0.2) is 50.2 Å². The summed E-state index contributed by atoms with van der Waals surface area (Å²) in [7, 11) is 1.70. The molecule has 1 atom stereocenters. The molecule has 1 aliphatic carbocycles. The molecule has 5 heteroatoms. The summed E-state index contributed by atoms with van der Waals surface area (Å²) >= 11 is 0. The quantitative estimate of drug-likeness (QED) is 0.823. The van der Waals surface area contributed by atoms with E-state index in [1.54, 1.807) is 7.11 Å². The van der Waals surface area contributed by atoms with Crippen LogP contribution in [0.3, 0.4) is 0 Å². The van der Waals surface area contributed by atoms with Crippen LogP contribution in [0, 0.1) is 5.41 Å². The fourth-order valence-electron chi connectivity index (χ4n) is 2.47. The van der Waals surface area contributed by atoms with Crippen LogP contribution in [-0.2, 0) is 9.53 Å². The molecular weight excluding hydrogens is 240 g/mol. The number of hydrogen-bond donors (Lipinski definition) is 1. The molecule has 0 spiro atoms. The molecule has 0 aromatic rings. The summed E-state index contributed by atoms with van der Waals surface area (Å²) in [6.07, 6.45) is 2.99. The summed E-state index contributed by atoms with van der Waals surface area (Å²) in [5, 5.41) is 3.36. The number of halogens is 1. The van der Waals surface area contributed by atoms with Gasteiger partial charge in [-0.1, -0.05) is 0 Å². The lowest BCUT2D eigenvalue weighted by atomic mass is 10.00. The summed E-state index contributed by atoms with van der Waals surface area (Å²) in [4.78, 5) is 14.4. The predicted octanol–water partition coefficient (Wildman–Crippen LogP) is 1.05. The minimum atomic E-state index is -0.0624. The van der Waals surface area contributed by atoms with E-state index in [2.05, 4.69) is 12.2 Å². The van der Waals surface area contributed by atoms with Crippen molar-refractivity contribution in [1.29, 1.82) is 0 Å². The van der Waals surface area contributed by atoms with Crippen molar-refractivity contribution in [2.24, 2.45) is 5.41 Å². The van der Waals surface area contributed by atoms with E-state index in [1.807, 2.05) is 4.90 Å². The van der Waals surface area contributed by atoms with Gasteiger partial charge in [0.15, 0.2) is 0 Å². The SMILES string of the molecule is COCCC1(C(=O)N2CCN[C@H](C)C2)CC1.Cl. The Hall–Kier alpha value is -0.320. The first-order valence-electron chi connectivity index (χ1n) is 6.20. The monoisotopic (exact) mass is 262 g/mol. The molecule has 17 heavy (non-hydrogen) atoms. The van der Waals surface area contributed by atoms with Gasteiger partial charge in [0.1, 0.15) is 0 Å². The molecule has 0 radical (unpaired) electrons. The Bertz CT molecular complexity index is 269. The number of piperazine rings is 1. The molecule has 1 saturated carbocycles. The van der Waals surface area contributed by atoms with E-state index in [-0.39, 0.29) is 17.8 Å². The smallest absolute Gasteiger partial charge is 0.228 e. The molecule has 100 valence electrons. The molecule has 1 heterocycles. The zero-order chi connectivity index (χ0) is 11.6. The Labute approximate surface area is 109 Å². The molecule has 1 saturated heterocycles. The summed E-state index contributed by atoms with van der Waals surface area (Å²) in [6.45, 7) is 5.47. The topological polar surface area (TPSA) is 41.6 Å². The fraction of sp³-hybridized carbons (Fsp3) is 0.917. The molecule has 2 fully saturated rings. The molecule has 0 aromatic carbocycles. The van der Waals surface area contributed by atoms with Crippen LogP contribution in [0.4, 0.5) is 0 Å². The van der Waals surface area contributed by atoms with Gasteiger partial charge in [-0.05, 0) is 26.2 Å². The van der Waals surface area contributed by atoms with Crippen LogP contribution >= 0.6 is 12.4 Å². The zero-order valence-corrected chi connectivity index (χ0v) is 11.5. The van der Waals surface area contributed by atoms with Gasteiger partial charge in [0.2, 0.25) is 5.91 Å². The largest absolute Gasteiger partial charge is 0.385 e. The number of carbonyl (C=O) groups excluding carboxylic acids is 1. The van der Waals surface area contributed by atoms with E-state index in [9.17, 15) is 4.79 Å². The van der Waals surface area contributed by atoms with Gasteiger partial charge in [-0.25, -0.2) is 0 Å². The Kier molecular flexibility index (Phi) is 5.22. The van der Waals surface area contributed by atoms with E-state index in [1.165, 1.54) is 0 Å². The van der Waals surface area contributed by atoms with Gasteiger partial charge >= 0.3 is 0 Å². The third kappa shape index (κ3) is 3.33. The van der Waals surface area contributed by atoms with E-state index >= 15 is 0 Å². The minimum Gasteiger partial charge on any atom is -0.385 e. The molecule has 0 aromatic heterocycles. The van der Waals surface area contributed by atoms with Crippen LogP contribution in [0.2, 0.25) is 0 Å². The first-order valence-corrected chi connectivity index (χ1v) is 6.20. The molecule has 2 rings (SSSR count). The number of nitrogens with zero attached hydrogens (tertiary/aromatic N) is 1. The molecule has 4 nitrogen and oxygen atoms in total. The molecule has 1 N–H and O–H groups in total. The predicted molar refractivity (Wildman–Crippen MR) is 69.5 cm³/mol. The number of amides is 1. The Morgan fingerprint density at radius 1 is 1.53 bits per heavy atom. The number of rotatable bonds is 4. The van der Waals surface area contributed by atoms with Gasteiger partial charge in [0.25, 0.3) is 0 Å². The molecule has 2 aliphatic rings. The maximum absolute atomic E-state index is 12.4. The van der Waals surface area contributed by atoms with Crippen molar-refractivity contribution in [3.63, 3.8) is 0 Å². The molecule has 0 bridgehead atoms. The van der Waals surface area contributed by atoms with Gasteiger partial charge in [0.05, 0.1) is 5.41 Å².